The molecule has 0 unspecified atom stereocenters. The Labute approximate surface area is 156 Å². The highest BCUT2D eigenvalue weighted by Gasteiger charge is 2.35. The summed E-state index contributed by atoms with van der Waals surface area (Å²) in [5.41, 5.74) is -0.816. The number of pyridine rings is 1. The van der Waals surface area contributed by atoms with Crippen LogP contribution in [0.2, 0.25) is 0 Å². The number of alkyl halides is 3. The average Bonchev–Trinajstić information content (AvgIpc) is 3.07. The van der Waals surface area contributed by atoms with Crippen molar-refractivity contribution in [2.75, 3.05) is 13.1 Å². The molecule has 0 aliphatic rings. The van der Waals surface area contributed by atoms with Crippen molar-refractivity contribution in [3.63, 3.8) is 0 Å². The minimum atomic E-state index is -4.64. The van der Waals surface area contributed by atoms with Crippen LogP contribution in [0.15, 0.2) is 36.8 Å². The van der Waals surface area contributed by atoms with Crippen LogP contribution in [0.5, 0.6) is 0 Å². The molecule has 3 aromatic heterocycles. The van der Waals surface area contributed by atoms with E-state index in [0.29, 0.717) is 10.1 Å². The standard InChI is InChI=1S/C17H15F3N6O2/c1-10-7-13(17(18,19)20)26-14(25-10)12(9-24-26)16(28)23-6-5-22-15(27)11-3-2-4-21-8-11/h2-4,7-9H,5-6H2,1H3,(H,22,27)(H,23,28). The Morgan fingerprint density at radius 1 is 1.14 bits per heavy atom. The van der Waals surface area contributed by atoms with Gasteiger partial charge in [-0.15, -0.1) is 0 Å². The Bertz CT molecular complexity index is 1020. The number of aryl methyl sites for hydroxylation is 1. The summed E-state index contributed by atoms with van der Waals surface area (Å²) in [6, 6.07) is 4.06. The van der Waals surface area contributed by atoms with E-state index in [4.69, 9.17) is 0 Å². The van der Waals surface area contributed by atoms with Gasteiger partial charge in [-0.1, -0.05) is 0 Å². The number of amides is 2. The van der Waals surface area contributed by atoms with E-state index in [2.05, 4.69) is 25.7 Å². The van der Waals surface area contributed by atoms with Crippen molar-refractivity contribution in [1.82, 2.24) is 30.2 Å². The smallest absolute Gasteiger partial charge is 0.350 e. The van der Waals surface area contributed by atoms with Crippen LogP contribution >= 0.6 is 0 Å². The highest BCUT2D eigenvalue weighted by Crippen LogP contribution is 2.30. The fourth-order valence-corrected chi connectivity index (χ4v) is 2.49. The van der Waals surface area contributed by atoms with Crippen molar-refractivity contribution in [3.05, 3.63) is 59.3 Å². The van der Waals surface area contributed by atoms with Gasteiger partial charge in [0.25, 0.3) is 11.8 Å². The van der Waals surface area contributed by atoms with Crippen molar-refractivity contribution >= 4 is 17.5 Å². The molecule has 8 nitrogen and oxygen atoms in total. The molecule has 0 bridgehead atoms. The van der Waals surface area contributed by atoms with Gasteiger partial charge in [0.15, 0.2) is 5.65 Å². The number of carbonyl (C=O) groups is 2. The fourth-order valence-electron chi connectivity index (χ4n) is 2.49. The molecular weight excluding hydrogens is 377 g/mol. The van der Waals surface area contributed by atoms with Crippen LogP contribution in [0.4, 0.5) is 13.2 Å². The van der Waals surface area contributed by atoms with Gasteiger partial charge in [-0.2, -0.15) is 18.3 Å². The van der Waals surface area contributed by atoms with E-state index in [0.717, 1.165) is 12.3 Å². The van der Waals surface area contributed by atoms with Crippen LogP contribution in [0, 0.1) is 6.92 Å². The molecule has 3 rings (SSSR count). The molecule has 0 saturated heterocycles. The molecule has 3 heterocycles. The second-order valence-corrected chi connectivity index (χ2v) is 5.83. The Morgan fingerprint density at radius 3 is 2.50 bits per heavy atom. The molecule has 0 spiro atoms. The third-order valence-corrected chi connectivity index (χ3v) is 3.75. The molecule has 0 atom stereocenters. The Morgan fingerprint density at radius 2 is 1.86 bits per heavy atom. The molecule has 3 aromatic rings. The summed E-state index contributed by atoms with van der Waals surface area (Å²) in [4.78, 5) is 32.0. The number of nitrogens with one attached hydrogen (secondary N) is 2. The number of fused-ring (bicyclic) bond motifs is 1. The van der Waals surface area contributed by atoms with Gasteiger partial charge in [0, 0.05) is 31.2 Å². The second kappa shape index (κ2) is 7.62. The summed E-state index contributed by atoms with van der Waals surface area (Å²) in [5, 5.41) is 8.75. The predicted octanol–water partition coefficient (Wildman–Crippen LogP) is 1.61. The van der Waals surface area contributed by atoms with Crippen molar-refractivity contribution in [2.24, 2.45) is 0 Å². The lowest BCUT2D eigenvalue weighted by Crippen LogP contribution is -2.34. The molecule has 0 saturated carbocycles. The van der Waals surface area contributed by atoms with Crippen LogP contribution in [-0.2, 0) is 6.18 Å². The molecule has 2 amide bonds. The number of hydrogen-bond donors (Lipinski definition) is 2. The van der Waals surface area contributed by atoms with Crippen LogP contribution in [0.1, 0.15) is 32.1 Å². The van der Waals surface area contributed by atoms with Crippen LogP contribution in [0.3, 0.4) is 0 Å². The lowest BCUT2D eigenvalue weighted by Gasteiger charge is -2.10. The lowest BCUT2D eigenvalue weighted by atomic mass is 10.2. The monoisotopic (exact) mass is 392 g/mol. The largest absolute Gasteiger partial charge is 0.433 e. The van der Waals surface area contributed by atoms with Crippen LogP contribution in [0.25, 0.3) is 5.65 Å². The summed E-state index contributed by atoms with van der Waals surface area (Å²) >= 11 is 0. The minimum Gasteiger partial charge on any atom is -0.350 e. The summed E-state index contributed by atoms with van der Waals surface area (Å²) < 4.78 is 40.0. The zero-order valence-corrected chi connectivity index (χ0v) is 14.6. The van der Waals surface area contributed by atoms with Crippen LogP contribution < -0.4 is 10.6 Å². The summed E-state index contributed by atoms with van der Waals surface area (Å²) in [5.74, 6) is -0.998. The number of halogens is 3. The number of aromatic nitrogens is 4. The minimum absolute atomic E-state index is 0.0696. The second-order valence-electron chi connectivity index (χ2n) is 5.83. The highest BCUT2D eigenvalue weighted by molar-refractivity contribution is 5.99. The molecule has 0 radical (unpaired) electrons. The molecule has 0 aliphatic carbocycles. The van der Waals surface area contributed by atoms with E-state index in [1.807, 2.05) is 0 Å². The van der Waals surface area contributed by atoms with Gasteiger partial charge < -0.3 is 10.6 Å². The first-order valence-corrected chi connectivity index (χ1v) is 8.16. The van der Waals surface area contributed by atoms with E-state index < -0.39 is 17.8 Å². The quantitative estimate of drug-likeness (QED) is 0.643. The van der Waals surface area contributed by atoms with Crippen molar-refractivity contribution in [1.29, 1.82) is 0 Å². The first kappa shape index (κ1) is 19.3. The predicted molar refractivity (Wildman–Crippen MR) is 91.6 cm³/mol. The maximum atomic E-state index is 13.1. The van der Waals surface area contributed by atoms with Gasteiger partial charge in [-0.3, -0.25) is 14.6 Å². The van der Waals surface area contributed by atoms with Gasteiger partial charge in [0.2, 0.25) is 0 Å². The maximum Gasteiger partial charge on any atom is 0.433 e. The van der Waals surface area contributed by atoms with Gasteiger partial charge in [0.1, 0.15) is 11.3 Å². The normalized spacial score (nSPS) is 11.4. The van der Waals surface area contributed by atoms with E-state index >= 15 is 0 Å². The third kappa shape index (κ3) is 4.08. The summed E-state index contributed by atoms with van der Waals surface area (Å²) in [6.45, 7) is 1.59. The van der Waals surface area contributed by atoms with E-state index in [-0.39, 0.29) is 35.9 Å². The summed E-state index contributed by atoms with van der Waals surface area (Å²) in [6.07, 6.45) is -0.671. The molecule has 0 fully saturated rings. The van der Waals surface area contributed by atoms with Crippen molar-refractivity contribution < 1.29 is 22.8 Å². The number of nitrogens with zero attached hydrogens (tertiary/aromatic N) is 4. The molecule has 28 heavy (non-hydrogen) atoms. The molecule has 11 heteroatoms. The third-order valence-electron chi connectivity index (χ3n) is 3.75. The Kier molecular flexibility index (Phi) is 5.25. The van der Waals surface area contributed by atoms with Gasteiger partial charge in [-0.25, -0.2) is 9.50 Å². The van der Waals surface area contributed by atoms with Gasteiger partial charge in [-0.05, 0) is 25.1 Å². The molecule has 0 aliphatic heterocycles. The molecule has 146 valence electrons. The lowest BCUT2D eigenvalue weighted by molar-refractivity contribution is -0.142. The molecule has 0 aromatic carbocycles. The van der Waals surface area contributed by atoms with E-state index in [1.54, 1.807) is 12.1 Å². The molecule has 2 N–H and O–H groups in total. The molecular formula is C17H15F3N6O2. The zero-order valence-electron chi connectivity index (χ0n) is 14.6. The zero-order chi connectivity index (χ0) is 20.3. The topological polar surface area (TPSA) is 101 Å². The first-order valence-electron chi connectivity index (χ1n) is 8.16. The first-order chi connectivity index (χ1) is 13.3. The number of rotatable bonds is 5. The summed E-state index contributed by atoms with van der Waals surface area (Å²) in [7, 11) is 0. The van der Waals surface area contributed by atoms with Crippen molar-refractivity contribution in [2.45, 2.75) is 13.1 Å². The van der Waals surface area contributed by atoms with E-state index in [9.17, 15) is 22.8 Å². The van der Waals surface area contributed by atoms with Gasteiger partial charge in [0.05, 0.1) is 11.8 Å². The van der Waals surface area contributed by atoms with Crippen molar-refractivity contribution in [3.8, 4) is 0 Å². The van der Waals surface area contributed by atoms with Crippen LogP contribution in [-0.4, -0.2) is 44.5 Å². The fraction of sp³-hybridized carbons (Fsp3) is 0.235. The average molecular weight is 392 g/mol. The maximum absolute atomic E-state index is 13.1. The van der Waals surface area contributed by atoms with E-state index in [1.165, 1.54) is 19.3 Å². The Balaban J connectivity index is 1.66. The number of carbonyl (C=O) groups excluding carboxylic acids is 2. The SMILES string of the molecule is Cc1cc(C(F)(F)F)n2ncc(C(=O)NCCNC(=O)c3cccnc3)c2n1. The van der Waals surface area contributed by atoms with Gasteiger partial charge >= 0.3 is 6.18 Å². The highest BCUT2D eigenvalue weighted by atomic mass is 19.4. The number of hydrogen-bond acceptors (Lipinski definition) is 5. The Hall–Kier alpha value is -3.50.